The Hall–Kier alpha value is -0.910. The van der Waals surface area contributed by atoms with E-state index in [4.69, 9.17) is 0 Å². The molecule has 0 saturated heterocycles. The molecular formula is C10H19N3O2S. The van der Waals surface area contributed by atoms with Gasteiger partial charge in [0.15, 0.2) is 9.84 Å². The van der Waals surface area contributed by atoms with Gasteiger partial charge in [-0.1, -0.05) is 31.9 Å². The summed E-state index contributed by atoms with van der Waals surface area (Å²) in [6.07, 6.45) is 5.09. The number of rotatable bonds is 7. The first-order chi connectivity index (χ1) is 7.57. The lowest BCUT2D eigenvalue weighted by atomic mass is 10.2. The lowest BCUT2D eigenvalue weighted by Gasteiger charge is -1.98. The Morgan fingerprint density at radius 2 is 2.06 bits per heavy atom. The predicted octanol–water partition coefficient (Wildman–Crippen LogP) is 1.40. The van der Waals surface area contributed by atoms with E-state index in [0.29, 0.717) is 5.69 Å². The summed E-state index contributed by atoms with van der Waals surface area (Å²) in [6, 6.07) is 0. The highest BCUT2D eigenvalue weighted by Crippen LogP contribution is 2.04. The first-order valence-electron chi connectivity index (χ1n) is 5.67. The zero-order valence-corrected chi connectivity index (χ0v) is 10.7. The number of nitrogens with zero attached hydrogens (tertiary/aromatic N) is 3. The van der Waals surface area contributed by atoms with Crippen LogP contribution in [-0.2, 0) is 22.1 Å². The summed E-state index contributed by atoms with van der Waals surface area (Å²) in [5.74, 6) is 0.146. The van der Waals surface area contributed by atoms with Crippen molar-refractivity contribution in [2.75, 3.05) is 5.75 Å². The maximum Gasteiger partial charge on any atom is 0.155 e. The van der Waals surface area contributed by atoms with Crippen LogP contribution in [0, 0.1) is 0 Å². The lowest BCUT2D eigenvalue weighted by Crippen LogP contribution is -2.06. The van der Waals surface area contributed by atoms with Crippen LogP contribution in [0.25, 0.3) is 0 Å². The fraction of sp³-hybridized carbons (Fsp3) is 0.800. The van der Waals surface area contributed by atoms with Crippen molar-refractivity contribution in [2.24, 2.45) is 0 Å². The van der Waals surface area contributed by atoms with Gasteiger partial charge in [0.05, 0.1) is 11.4 Å². The maximum absolute atomic E-state index is 11.4. The van der Waals surface area contributed by atoms with E-state index in [1.807, 2.05) is 0 Å². The molecule has 0 amide bonds. The second-order valence-electron chi connectivity index (χ2n) is 3.86. The molecule has 0 aliphatic heterocycles. The standard InChI is InChI=1S/C10H19N3O2S/c1-3-5-6-7-13-8-10(11-12-13)9-16(14,15)4-2/h8H,3-7,9H2,1-2H3. The molecule has 16 heavy (non-hydrogen) atoms. The normalized spacial score (nSPS) is 11.9. The molecule has 1 aromatic rings. The zero-order chi connectivity index (χ0) is 12.0. The summed E-state index contributed by atoms with van der Waals surface area (Å²) in [6.45, 7) is 4.59. The quantitative estimate of drug-likeness (QED) is 0.681. The van der Waals surface area contributed by atoms with E-state index in [1.165, 1.54) is 0 Å². The van der Waals surface area contributed by atoms with E-state index >= 15 is 0 Å². The summed E-state index contributed by atoms with van der Waals surface area (Å²) in [4.78, 5) is 0. The van der Waals surface area contributed by atoms with Crippen molar-refractivity contribution in [3.05, 3.63) is 11.9 Å². The van der Waals surface area contributed by atoms with Gasteiger partial charge in [0.2, 0.25) is 0 Å². The molecule has 1 aromatic heterocycles. The van der Waals surface area contributed by atoms with E-state index in [2.05, 4.69) is 17.2 Å². The van der Waals surface area contributed by atoms with Crippen LogP contribution in [-0.4, -0.2) is 29.2 Å². The van der Waals surface area contributed by atoms with Crippen molar-refractivity contribution in [3.63, 3.8) is 0 Å². The van der Waals surface area contributed by atoms with Crippen molar-refractivity contribution < 1.29 is 8.42 Å². The van der Waals surface area contributed by atoms with Crippen LogP contribution in [0.4, 0.5) is 0 Å². The van der Waals surface area contributed by atoms with Gasteiger partial charge in [-0.25, -0.2) is 8.42 Å². The fourth-order valence-corrected chi connectivity index (χ4v) is 2.15. The van der Waals surface area contributed by atoms with Gasteiger partial charge in [0.25, 0.3) is 0 Å². The molecule has 0 aromatic carbocycles. The van der Waals surface area contributed by atoms with Gasteiger partial charge in [0, 0.05) is 18.5 Å². The molecule has 1 rings (SSSR count). The molecule has 0 spiro atoms. The van der Waals surface area contributed by atoms with Crippen LogP contribution in [0.15, 0.2) is 6.20 Å². The molecule has 0 aliphatic rings. The van der Waals surface area contributed by atoms with Crippen molar-refractivity contribution in [1.82, 2.24) is 15.0 Å². The van der Waals surface area contributed by atoms with Gasteiger partial charge in [0.1, 0.15) is 0 Å². The Morgan fingerprint density at radius 3 is 2.69 bits per heavy atom. The van der Waals surface area contributed by atoms with E-state index in [1.54, 1.807) is 17.8 Å². The minimum Gasteiger partial charge on any atom is -0.252 e. The highest BCUT2D eigenvalue weighted by atomic mass is 32.2. The summed E-state index contributed by atoms with van der Waals surface area (Å²) in [5.41, 5.74) is 0.540. The molecule has 0 atom stereocenters. The number of hydrogen-bond donors (Lipinski definition) is 0. The summed E-state index contributed by atoms with van der Waals surface area (Å²) in [5, 5.41) is 7.77. The minimum absolute atomic E-state index is 0.00270. The highest BCUT2D eigenvalue weighted by Gasteiger charge is 2.11. The number of sulfone groups is 1. The zero-order valence-electron chi connectivity index (χ0n) is 9.89. The van der Waals surface area contributed by atoms with Crippen molar-refractivity contribution >= 4 is 9.84 Å². The first kappa shape index (κ1) is 13.2. The number of aryl methyl sites for hydroxylation is 1. The molecule has 0 aliphatic carbocycles. The number of hydrogen-bond acceptors (Lipinski definition) is 4. The molecule has 0 N–H and O–H groups in total. The second kappa shape index (κ2) is 5.98. The van der Waals surface area contributed by atoms with Gasteiger partial charge >= 0.3 is 0 Å². The Bertz CT molecular complexity index is 411. The summed E-state index contributed by atoms with van der Waals surface area (Å²) in [7, 11) is -3.00. The van der Waals surface area contributed by atoms with Gasteiger partial charge in [-0.15, -0.1) is 5.10 Å². The average Bonchev–Trinajstić information content (AvgIpc) is 2.65. The third kappa shape index (κ3) is 4.30. The maximum atomic E-state index is 11.4. The SMILES string of the molecule is CCCCCn1cc(CS(=O)(=O)CC)nn1. The summed E-state index contributed by atoms with van der Waals surface area (Å²) >= 11 is 0. The lowest BCUT2D eigenvalue weighted by molar-refractivity contribution is 0.537. The molecule has 0 radical (unpaired) electrons. The van der Waals surface area contributed by atoms with Crippen LogP contribution in [0.2, 0.25) is 0 Å². The molecule has 1 heterocycles. The topological polar surface area (TPSA) is 64.8 Å². The van der Waals surface area contributed by atoms with Crippen LogP contribution in [0.1, 0.15) is 38.8 Å². The summed E-state index contributed by atoms with van der Waals surface area (Å²) < 4.78 is 24.4. The van der Waals surface area contributed by atoms with E-state index < -0.39 is 9.84 Å². The monoisotopic (exact) mass is 245 g/mol. The van der Waals surface area contributed by atoms with Gasteiger partial charge in [-0.3, -0.25) is 4.68 Å². The third-order valence-electron chi connectivity index (χ3n) is 2.38. The molecule has 0 unspecified atom stereocenters. The Morgan fingerprint density at radius 1 is 1.31 bits per heavy atom. The van der Waals surface area contributed by atoms with Crippen molar-refractivity contribution in [1.29, 1.82) is 0 Å². The van der Waals surface area contributed by atoms with Crippen LogP contribution in [0.5, 0.6) is 0 Å². The predicted molar refractivity (Wildman–Crippen MR) is 62.7 cm³/mol. The van der Waals surface area contributed by atoms with Gasteiger partial charge < -0.3 is 0 Å². The van der Waals surface area contributed by atoms with Crippen LogP contribution >= 0.6 is 0 Å². The first-order valence-corrected chi connectivity index (χ1v) is 7.49. The smallest absolute Gasteiger partial charge is 0.155 e. The second-order valence-corrected chi connectivity index (χ2v) is 6.21. The molecule has 0 fully saturated rings. The Balaban J connectivity index is 2.52. The molecule has 5 nitrogen and oxygen atoms in total. The average molecular weight is 245 g/mol. The largest absolute Gasteiger partial charge is 0.252 e. The van der Waals surface area contributed by atoms with Gasteiger partial charge in [-0.05, 0) is 6.42 Å². The van der Waals surface area contributed by atoms with E-state index in [0.717, 1.165) is 25.8 Å². The molecule has 6 heteroatoms. The Labute approximate surface area is 96.8 Å². The number of aromatic nitrogens is 3. The van der Waals surface area contributed by atoms with Crippen molar-refractivity contribution in [2.45, 2.75) is 45.4 Å². The van der Waals surface area contributed by atoms with E-state index in [9.17, 15) is 8.42 Å². The minimum atomic E-state index is -3.00. The molecule has 0 saturated carbocycles. The van der Waals surface area contributed by atoms with Crippen LogP contribution < -0.4 is 0 Å². The van der Waals surface area contributed by atoms with Crippen molar-refractivity contribution in [3.8, 4) is 0 Å². The van der Waals surface area contributed by atoms with Crippen LogP contribution in [0.3, 0.4) is 0 Å². The molecule has 0 bridgehead atoms. The Kier molecular flexibility index (Phi) is 4.92. The number of unbranched alkanes of at least 4 members (excludes halogenated alkanes) is 2. The van der Waals surface area contributed by atoms with E-state index in [-0.39, 0.29) is 11.5 Å². The molecule has 92 valence electrons. The van der Waals surface area contributed by atoms with Gasteiger partial charge in [-0.2, -0.15) is 0 Å². The molecular weight excluding hydrogens is 226 g/mol. The highest BCUT2D eigenvalue weighted by molar-refractivity contribution is 7.90. The fourth-order valence-electron chi connectivity index (χ4n) is 1.37. The third-order valence-corrected chi connectivity index (χ3v) is 4.00.